The third kappa shape index (κ3) is 4.48. The van der Waals surface area contributed by atoms with E-state index in [-0.39, 0.29) is 23.9 Å². The molecule has 0 radical (unpaired) electrons. The SMILES string of the molecule is CC(NC(=O)C1CNCCO1)c1cc(F)ccc1N1CCC(O)CC1. The summed E-state index contributed by atoms with van der Waals surface area (Å²) < 4.78 is 19.3. The maximum atomic E-state index is 13.8. The Morgan fingerprint density at radius 3 is 2.88 bits per heavy atom. The molecule has 138 valence electrons. The number of amides is 1. The average molecular weight is 351 g/mol. The molecule has 2 aliphatic rings. The molecule has 1 aromatic rings. The molecule has 0 aliphatic carbocycles. The minimum Gasteiger partial charge on any atom is -0.393 e. The van der Waals surface area contributed by atoms with Crippen LogP contribution in [-0.2, 0) is 9.53 Å². The number of morpholine rings is 1. The minimum absolute atomic E-state index is 0.191. The molecule has 0 aromatic heterocycles. The molecule has 2 saturated heterocycles. The summed E-state index contributed by atoms with van der Waals surface area (Å²) in [5, 5.41) is 15.8. The fourth-order valence-corrected chi connectivity index (χ4v) is 3.38. The number of anilines is 1. The summed E-state index contributed by atoms with van der Waals surface area (Å²) in [4.78, 5) is 14.5. The molecule has 0 saturated carbocycles. The summed E-state index contributed by atoms with van der Waals surface area (Å²) in [5.41, 5.74) is 1.65. The highest BCUT2D eigenvalue weighted by atomic mass is 19.1. The van der Waals surface area contributed by atoms with Crippen molar-refractivity contribution in [2.24, 2.45) is 0 Å². The minimum atomic E-state index is -0.515. The Kier molecular flexibility index (Phi) is 5.88. The molecule has 2 heterocycles. The number of carbonyl (C=O) groups is 1. The standard InChI is InChI=1S/C18H26FN3O3/c1-12(21-18(24)17-11-20-6-9-25-17)15-10-13(19)2-3-16(15)22-7-4-14(23)5-8-22/h2-3,10,12,14,17,20,23H,4-9,11H2,1H3,(H,21,24). The van der Waals surface area contributed by atoms with Crippen LogP contribution in [0.5, 0.6) is 0 Å². The fraction of sp³-hybridized carbons (Fsp3) is 0.611. The summed E-state index contributed by atoms with van der Waals surface area (Å²) in [6.45, 7) is 5.03. The lowest BCUT2D eigenvalue weighted by Gasteiger charge is -2.34. The number of hydrogen-bond donors (Lipinski definition) is 3. The molecule has 1 amide bonds. The van der Waals surface area contributed by atoms with E-state index in [9.17, 15) is 14.3 Å². The van der Waals surface area contributed by atoms with Crippen LogP contribution in [0.25, 0.3) is 0 Å². The van der Waals surface area contributed by atoms with Crippen molar-refractivity contribution in [2.45, 2.75) is 38.0 Å². The van der Waals surface area contributed by atoms with Crippen molar-refractivity contribution in [1.82, 2.24) is 10.6 Å². The Hall–Kier alpha value is -1.70. The van der Waals surface area contributed by atoms with Crippen LogP contribution in [0.4, 0.5) is 10.1 Å². The number of nitrogens with zero attached hydrogens (tertiary/aromatic N) is 1. The van der Waals surface area contributed by atoms with Gasteiger partial charge in [0, 0.05) is 37.4 Å². The molecule has 2 atom stereocenters. The van der Waals surface area contributed by atoms with Gasteiger partial charge in [-0.3, -0.25) is 4.79 Å². The number of halogens is 1. The highest BCUT2D eigenvalue weighted by Gasteiger charge is 2.26. The summed E-state index contributed by atoms with van der Waals surface area (Å²) in [6.07, 6.45) is 0.602. The summed E-state index contributed by atoms with van der Waals surface area (Å²) in [6, 6.07) is 4.33. The summed E-state index contributed by atoms with van der Waals surface area (Å²) >= 11 is 0. The summed E-state index contributed by atoms with van der Waals surface area (Å²) in [7, 11) is 0. The number of benzene rings is 1. The topological polar surface area (TPSA) is 73.8 Å². The third-order valence-electron chi connectivity index (χ3n) is 4.84. The van der Waals surface area contributed by atoms with Gasteiger partial charge in [-0.2, -0.15) is 0 Å². The first-order valence-corrected chi connectivity index (χ1v) is 8.90. The second-order valence-corrected chi connectivity index (χ2v) is 6.72. The second-order valence-electron chi connectivity index (χ2n) is 6.72. The predicted octanol–water partition coefficient (Wildman–Crippen LogP) is 0.952. The van der Waals surface area contributed by atoms with Gasteiger partial charge in [0.05, 0.1) is 18.8 Å². The Morgan fingerprint density at radius 1 is 1.44 bits per heavy atom. The number of ether oxygens (including phenoxy) is 1. The number of nitrogens with one attached hydrogen (secondary N) is 2. The molecule has 6 nitrogen and oxygen atoms in total. The Morgan fingerprint density at radius 2 is 2.20 bits per heavy atom. The molecular weight excluding hydrogens is 325 g/mol. The van der Waals surface area contributed by atoms with Gasteiger partial charge >= 0.3 is 0 Å². The van der Waals surface area contributed by atoms with E-state index < -0.39 is 6.10 Å². The molecule has 7 heteroatoms. The highest BCUT2D eigenvalue weighted by molar-refractivity contribution is 5.81. The highest BCUT2D eigenvalue weighted by Crippen LogP contribution is 2.29. The van der Waals surface area contributed by atoms with Crippen molar-refractivity contribution in [3.8, 4) is 0 Å². The van der Waals surface area contributed by atoms with E-state index in [2.05, 4.69) is 15.5 Å². The van der Waals surface area contributed by atoms with Gasteiger partial charge in [-0.05, 0) is 38.0 Å². The number of aliphatic hydroxyl groups excluding tert-OH is 1. The first-order chi connectivity index (χ1) is 12.0. The van der Waals surface area contributed by atoms with Crippen LogP contribution in [0.3, 0.4) is 0 Å². The van der Waals surface area contributed by atoms with Crippen molar-refractivity contribution in [2.75, 3.05) is 37.7 Å². The van der Waals surface area contributed by atoms with E-state index in [1.165, 1.54) is 12.1 Å². The zero-order valence-corrected chi connectivity index (χ0v) is 14.5. The van der Waals surface area contributed by atoms with Crippen LogP contribution in [-0.4, -0.2) is 56.0 Å². The van der Waals surface area contributed by atoms with Gasteiger partial charge in [0.25, 0.3) is 5.91 Å². The first-order valence-electron chi connectivity index (χ1n) is 8.90. The molecule has 0 bridgehead atoms. The normalized spacial score (nSPS) is 23.3. The maximum Gasteiger partial charge on any atom is 0.250 e. The lowest BCUT2D eigenvalue weighted by atomic mass is 10.0. The maximum absolute atomic E-state index is 13.8. The zero-order chi connectivity index (χ0) is 17.8. The predicted molar refractivity (Wildman–Crippen MR) is 93.0 cm³/mol. The molecule has 2 aliphatic heterocycles. The Balaban J connectivity index is 1.73. The van der Waals surface area contributed by atoms with Crippen molar-refractivity contribution < 1.29 is 19.0 Å². The van der Waals surface area contributed by atoms with Gasteiger partial charge in [-0.25, -0.2) is 4.39 Å². The van der Waals surface area contributed by atoms with E-state index in [1.807, 2.05) is 6.92 Å². The van der Waals surface area contributed by atoms with Crippen molar-refractivity contribution in [1.29, 1.82) is 0 Å². The number of piperidine rings is 1. The Bertz CT molecular complexity index is 599. The van der Waals surface area contributed by atoms with E-state index in [0.29, 0.717) is 26.0 Å². The quantitative estimate of drug-likeness (QED) is 0.753. The van der Waals surface area contributed by atoms with Crippen LogP contribution in [0.1, 0.15) is 31.4 Å². The molecule has 25 heavy (non-hydrogen) atoms. The Labute approximate surface area is 147 Å². The smallest absolute Gasteiger partial charge is 0.250 e. The van der Waals surface area contributed by atoms with Crippen molar-refractivity contribution in [3.63, 3.8) is 0 Å². The van der Waals surface area contributed by atoms with E-state index in [1.54, 1.807) is 6.07 Å². The number of carbonyl (C=O) groups excluding carboxylic acids is 1. The molecule has 2 fully saturated rings. The van der Waals surface area contributed by atoms with Crippen LogP contribution < -0.4 is 15.5 Å². The fourth-order valence-electron chi connectivity index (χ4n) is 3.38. The molecular formula is C18H26FN3O3. The van der Waals surface area contributed by atoms with Crippen molar-refractivity contribution >= 4 is 11.6 Å². The van der Waals surface area contributed by atoms with Gasteiger partial charge in [-0.1, -0.05) is 0 Å². The van der Waals surface area contributed by atoms with Gasteiger partial charge < -0.3 is 25.4 Å². The number of rotatable bonds is 4. The molecule has 3 rings (SSSR count). The lowest BCUT2D eigenvalue weighted by molar-refractivity contribution is -0.134. The number of aliphatic hydroxyl groups is 1. The third-order valence-corrected chi connectivity index (χ3v) is 4.84. The van der Waals surface area contributed by atoms with Crippen LogP contribution in [0.15, 0.2) is 18.2 Å². The van der Waals surface area contributed by atoms with Gasteiger partial charge in [0.1, 0.15) is 11.9 Å². The van der Waals surface area contributed by atoms with Crippen LogP contribution in [0.2, 0.25) is 0 Å². The largest absolute Gasteiger partial charge is 0.393 e. The van der Waals surface area contributed by atoms with E-state index in [0.717, 1.165) is 30.9 Å². The second kappa shape index (κ2) is 8.12. The van der Waals surface area contributed by atoms with Gasteiger partial charge in [-0.15, -0.1) is 0 Å². The van der Waals surface area contributed by atoms with E-state index >= 15 is 0 Å². The molecule has 0 spiro atoms. The molecule has 2 unspecified atom stereocenters. The summed E-state index contributed by atoms with van der Waals surface area (Å²) in [5.74, 6) is -0.517. The number of hydrogen-bond acceptors (Lipinski definition) is 5. The average Bonchev–Trinajstić information content (AvgIpc) is 2.63. The first kappa shape index (κ1) is 18.1. The van der Waals surface area contributed by atoms with Crippen LogP contribution >= 0.6 is 0 Å². The zero-order valence-electron chi connectivity index (χ0n) is 14.5. The monoisotopic (exact) mass is 351 g/mol. The van der Waals surface area contributed by atoms with Crippen LogP contribution in [0, 0.1) is 5.82 Å². The van der Waals surface area contributed by atoms with Crippen molar-refractivity contribution in [3.05, 3.63) is 29.6 Å². The lowest BCUT2D eigenvalue weighted by Crippen LogP contribution is -2.48. The van der Waals surface area contributed by atoms with Gasteiger partial charge in [0.2, 0.25) is 0 Å². The van der Waals surface area contributed by atoms with E-state index in [4.69, 9.17) is 4.74 Å². The molecule has 3 N–H and O–H groups in total. The van der Waals surface area contributed by atoms with Gasteiger partial charge in [0.15, 0.2) is 0 Å². The molecule has 1 aromatic carbocycles.